The highest BCUT2D eigenvalue weighted by molar-refractivity contribution is 5.97. The van der Waals surface area contributed by atoms with E-state index in [2.05, 4.69) is 21.6 Å². The Morgan fingerprint density at radius 2 is 1.97 bits per heavy atom. The maximum Gasteiger partial charge on any atom is 0.246 e. The molecule has 2 heterocycles. The summed E-state index contributed by atoms with van der Waals surface area (Å²) in [5.74, 6) is 0.595. The second kappa shape index (κ2) is 9.86. The molecule has 0 aliphatic carbocycles. The van der Waals surface area contributed by atoms with Crippen molar-refractivity contribution in [1.82, 2.24) is 5.32 Å². The van der Waals surface area contributed by atoms with Crippen molar-refractivity contribution in [1.29, 1.82) is 0 Å². The topological polar surface area (TPSA) is 70.7 Å². The Bertz CT molecular complexity index is 937. The molecule has 0 saturated carbocycles. The average Bonchev–Trinajstić information content (AvgIpc) is 3.45. The SMILES string of the molecule is CCCC(NC(=O)Cc1ccc2c(c1)CCO2)C(=O)Nc1cccc(N2CCCC2)c1. The summed E-state index contributed by atoms with van der Waals surface area (Å²) in [6.07, 6.45) is 4.95. The van der Waals surface area contributed by atoms with Crippen LogP contribution in [0.2, 0.25) is 0 Å². The molecular formula is C25H31N3O3. The smallest absolute Gasteiger partial charge is 0.246 e. The summed E-state index contributed by atoms with van der Waals surface area (Å²) >= 11 is 0. The Kier molecular flexibility index (Phi) is 6.75. The van der Waals surface area contributed by atoms with Crippen molar-refractivity contribution in [3.8, 4) is 5.75 Å². The van der Waals surface area contributed by atoms with Gasteiger partial charge in [0.15, 0.2) is 0 Å². The molecule has 2 N–H and O–H groups in total. The molecule has 164 valence electrons. The highest BCUT2D eigenvalue weighted by Crippen LogP contribution is 2.26. The Balaban J connectivity index is 1.37. The van der Waals surface area contributed by atoms with Crippen LogP contribution in [0, 0.1) is 0 Å². The third-order valence-electron chi connectivity index (χ3n) is 5.93. The lowest BCUT2D eigenvalue weighted by molar-refractivity contribution is -0.126. The van der Waals surface area contributed by atoms with Crippen LogP contribution in [0.5, 0.6) is 5.75 Å². The maximum absolute atomic E-state index is 12.9. The number of hydrogen-bond donors (Lipinski definition) is 2. The van der Waals surface area contributed by atoms with Crippen molar-refractivity contribution in [2.75, 3.05) is 29.9 Å². The lowest BCUT2D eigenvalue weighted by Gasteiger charge is -2.20. The summed E-state index contributed by atoms with van der Waals surface area (Å²) in [4.78, 5) is 27.9. The number of amides is 2. The molecular weight excluding hydrogens is 390 g/mol. The zero-order valence-corrected chi connectivity index (χ0v) is 18.2. The summed E-state index contributed by atoms with van der Waals surface area (Å²) in [5.41, 5.74) is 3.98. The van der Waals surface area contributed by atoms with Gasteiger partial charge in [-0.3, -0.25) is 9.59 Å². The number of nitrogens with zero attached hydrogens (tertiary/aromatic N) is 1. The molecule has 1 fully saturated rings. The van der Waals surface area contributed by atoms with Crippen molar-refractivity contribution >= 4 is 23.2 Å². The van der Waals surface area contributed by atoms with E-state index in [1.165, 1.54) is 12.8 Å². The van der Waals surface area contributed by atoms with E-state index in [4.69, 9.17) is 4.74 Å². The highest BCUT2D eigenvalue weighted by atomic mass is 16.5. The van der Waals surface area contributed by atoms with Crippen LogP contribution in [0.3, 0.4) is 0 Å². The fraction of sp³-hybridized carbons (Fsp3) is 0.440. The van der Waals surface area contributed by atoms with Gasteiger partial charge in [-0.15, -0.1) is 0 Å². The van der Waals surface area contributed by atoms with Gasteiger partial charge < -0.3 is 20.3 Å². The van der Waals surface area contributed by atoms with Crippen molar-refractivity contribution in [2.45, 2.75) is 51.5 Å². The molecule has 0 radical (unpaired) electrons. The van der Waals surface area contributed by atoms with Gasteiger partial charge in [0, 0.05) is 30.9 Å². The van der Waals surface area contributed by atoms with Crippen LogP contribution in [0.4, 0.5) is 11.4 Å². The molecule has 2 aromatic rings. The van der Waals surface area contributed by atoms with E-state index in [1.54, 1.807) is 0 Å². The number of rotatable bonds is 8. The van der Waals surface area contributed by atoms with Crippen molar-refractivity contribution < 1.29 is 14.3 Å². The summed E-state index contributed by atoms with van der Waals surface area (Å²) in [5, 5.41) is 5.93. The molecule has 0 bridgehead atoms. The Labute approximate surface area is 184 Å². The number of carbonyl (C=O) groups excluding carboxylic acids is 2. The Morgan fingerprint density at radius 1 is 1.13 bits per heavy atom. The van der Waals surface area contributed by atoms with E-state index in [0.29, 0.717) is 13.0 Å². The second-order valence-corrected chi connectivity index (χ2v) is 8.36. The van der Waals surface area contributed by atoms with Gasteiger partial charge in [-0.2, -0.15) is 0 Å². The molecule has 2 aromatic carbocycles. The molecule has 1 unspecified atom stereocenters. The van der Waals surface area contributed by atoms with E-state index in [1.807, 2.05) is 43.3 Å². The van der Waals surface area contributed by atoms with Crippen LogP contribution in [0.1, 0.15) is 43.7 Å². The zero-order chi connectivity index (χ0) is 21.6. The number of ether oxygens (including phenoxy) is 1. The number of nitrogens with one attached hydrogen (secondary N) is 2. The first kappa shape index (κ1) is 21.2. The molecule has 6 nitrogen and oxygen atoms in total. The largest absolute Gasteiger partial charge is 0.493 e. The molecule has 6 heteroatoms. The lowest BCUT2D eigenvalue weighted by Crippen LogP contribution is -2.44. The predicted octanol–water partition coefficient (Wildman–Crippen LogP) is 3.69. The van der Waals surface area contributed by atoms with Gasteiger partial charge in [-0.1, -0.05) is 31.5 Å². The monoisotopic (exact) mass is 421 g/mol. The number of anilines is 2. The fourth-order valence-electron chi connectivity index (χ4n) is 4.32. The van der Waals surface area contributed by atoms with Crippen molar-refractivity contribution in [3.63, 3.8) is 0 Å². The molecule has 0 spiro atoms. The second-order valence-electron chi connectivity index (χ2n) is 8.36. The number of carbonyl (C=O) groups is 2. The van der Waals surface area contributed by atoms with Gasteiger partial charge in [0.1, 0.15) is 11.8 Å². The van der Waals surface area contributed by atoms with E-state index in [0.717, 1.165) is 54.2 Å². The van der Waals surface area contributed by atoms with Crippen LogP contribution >= 0.6 is 0 Å². The Hall–Kier alpha value is -3.02. The quantitative estimate of drug-likeness (QED) is 0.682. The lowest BCUT2D eigenvalue weighted by atomic mass is 10.1. The summed E-state index contributed by atoms with van der Waals surface area (Å²) < 4.78 is 5.53. The van der Waals surface area contributed by atoms with Crippen LogP contribution in [-0.2, 0) is 22.4 Å². The normalized spacial score (nSPS) is 15.8. The minimum atomic E-state index is -0.550. The van der Waals surface area contributed by atoms with Gasteiger partial charge >= 0.3 is 0 Å². The molecule has 1 saturated heterocycles. The molecule has 0 aromatic heterocycles. The van der Waals surface area contributed by atoms with Crippen molar-refractivity contribution in [2.24, 2.45) is 0 Å². The molecule has 1 atom stereocenters. The summed E-state index contributed by atoms with van der Waals surface area (Å²) in [6.45, 7) is 4.82. The first-order valence-corrected chi connectivity index (χ1v) is 11.3. The molecule has 2 aliphatic rings. The van der Waals surface area contributed by atoms with E-state index in [9.17, 15) is 9.59 Å². The van der Waals surface area contributed by atoms with E-state index >= 15 is 0 Å². The average molecular weight is 422 g/mol. The van der Waals surface area contributed by atoms with Crippen LogP contribution < -0.4 is 20.3 Å². The third-order valence-corrected chi connectivity index (χ3v) is 5.93. The standard InChI is InChI=1S/C25H31N3O3/c1-2-6-22(27-24(29)16-18-9-10-23-19(15-18)11-14-31-23)25(30)26-20-7-5-8-21(17-20)28-12-3-4-13-28/h5,7-10,15,17,22H,2-4,6,11-14,16H2,1H3,(H,26,30)(H,27,29). The Morgan fingerprint density at radius 3 is 2.77 bits per heavy atom. The van der Waals surface area contributed by atoms with Gasteiger partial charge in [-0.05, 0) is 54.7 Å². The van der Waals surface area contributed by atoms with Gasteiger partial charge in [-0.25, -0.2) is 0 Å². The first-order chi connectivity index (χ1) is 15.1. The minimum absolute atomic E-state index is 0.140. The van der Waals surface area contributed by atoms with Gasteiger partial charge in [0.05, 0.1) is 13.0 Å². The maximum atomic E-state index is 12.9. The highest BCUT2D eigenvalue weighted by Gasteiger charge is 2.21. The summed E-state index contributed by atoms with van der Waals surface area (Å²) in [6, 6.07) is 13.3. The van der Waals surface area contributed by atoms with Gasteiger partial charge in [0.2, 0.25) is 11.8 Å². The molecule has 2 aliphatic heterocycles. The van der Waals surface area contributed by atoms with Crippen molar-refractivity contribution in [3.05, 3.63) is 53.6 Å². The van der Waals surface area contributed by atoms with Crippen LogP contribution in [0.15, 0.2) is 42.5 Å². The van der Waals surface area contributed by atoms with Crippen LogP contribution in [0.25, 0.3) is 0 Å². The molecule has 2 amide bonds. The van der Waals surface area contributed by atoms with E-state index < -0.39 is 6.04 Å². The van der Waals surface area contributed by atoms with Gasteiger partial charge in [0.25, 0.3) is 0 Å². The number of benzene rings is 2. The van der Waals surface area contributed by atoms with E-state index in [-0.39, 0.29) is 18.2 Å². The third kappa shape index (κ3) is 5.37. The first-order valence-electron chi connectivity index (χ1n) is 11.3. The zero-order valence-electron chi connectivity index (χ0n) is 18.2. The van der Waals surface area contributed by atoms with Crippen LogP contribution in [-0.4, -0.2) is 37.6 Å². The fourth-order valence-corrected chi connectivity index (χ4v) is 4.32. The predicted molar refractivity (Wildman–Crippen MR) is 123 cm³/mol. The molecule has 31 heavy (non-hydrogen) atoms. The molecule has 4 rings (SSSR count). The number of fused-ring (bicyclic) bond motifs is 1. The minimum Gasteiger partial charge on any atom is -0.493 e. The summed E-state index contributed by atoms with van der Waals surface area (Å²) in [7, 11) is 0. The number of hydrogen-bond acceptors (Lipinski definition) is 4.